The Kier molecular flexibility index (Phi) is 5.80. The van der Waals surface area contributed by atoms with Gasteiger partial charge in [-0.25, -0.2) is 13.2 Å². The largest absolute Gasteiger partial charge is 0.420 e. The molecule has 1 aliphatic heterocycles. The maximum Gasteiger partial charge on any atom is 0.420 e. The van der Waals surface area contributed by atoms with E-state index in [4.69, 9.17) is 4.42 Å². The number of rotatable bonds is 6. The van der Waals surface area contributed by atoms with Crippen molar-refractivity contribution in [1.29, 1.82) is 0 Å². The average Bonchev–Trinajstić information content (AvgIpc) is 3.08. The van der Waals surface area contributed by atoms with E-state index in [9.17, 15) is 28.1 Å². The number of piperazine rings is 1. The van der Waals surface area contributed by atoms with Crippen molar-refractivity contribution in [2.75, 3.05) is 26.2 Å². The summed E-state index contributed by atoms with van der Waals surface area (Å²) in [4.78, 5) is 36.7. The summed E-state index contributed by atoms with van der Waals surface area (Å²) in [5, 5.41) is 10.9. The number of hydrogen-bond donors (Lipinski definition) is 0. The minimum absolute atomic E-state index is 0.0221. The molecule has 3 aromatic rings. The number of nitrogens with zero attached hydrogens (tertiary/aromatic N) is 4. The van der Waals surface area contributed by atoms with E-state index in [2.05, 4.69) is 0 Å². The van der Waals surface area contributed by atoms with Crippen LogP contribution in [0.15, 0.2) is 57.7 Å². The second-order valence-corrected chi connectivity index (χ2v) is 9.35. The SMILES string of the molecule is O=C(Cn1c(=O)oc2cc([N+](=O)[O-])ccc21)N1CCN(S(=O)(=O)Cc2ccccc2)CC1. The predicted molar refractivity (Wildman–Crippen MR) is 114 cm³/mol. The number of carbonyl (C=O) groups excluding carboxylic acids is 1. The Morgan fingerprint density at radius 3 is 2.41 bits per heavy atom. The minimum atomic E-state index is -3.51. The molecule has 12 heteroatoms. The lowest BCUT2D eigenvalue weighted by Crippen LogP contribution is -2.51. The Morgan fingerprint density at radius 2 is 1.75 bits per heavy atom. The van der Waals surface area contributed by atoms with Gasteiger partial charge in [-0.1, -0.05) is 30.3 Å². The highest BCUT2D eigenvalue weighted by Gasteiger charge is 2.29. The van der Waals surface area contributed by atoms with E-state index in [1.165, 1.54) is 21.3 Å². The van der Waals surface area contributed by atoms with E-state index in [-0.39, 0.29) is 61.2 Å². The molecule has 2 aromatic carbocycles. The monoisotopic (exact) mass is 460 g/mol. The van der Waals surface area contributed by atoms with Crippen molar-refractivity contribution in [2.24, 2.45) is 0 Å². The van der Waals surface area contributed by atoms with Crippen molar-refractivity contribution in [3.8, 4) is 0 Å². The minimum Gasteiger partial charge on any atom is -0.407 e. The molecule has 0 radical (unpaired) electrons. The third kappa shape index (κ3) is 4.41. The number of sulfonamides is 1. The van der Waals surface area contributed by atoms with Crippen LogP contribution in [0.25, 0.3) is 11.1 Å². The summed E-state index contributed by atoms with van der Waals surface area (Å²) < 4.78 is 32.9. The topological polar surface area (TPSA) is 136 Å². The third-order valence-electron chi connectivity index (χ3n) is 5.33. The van der Waals surface area contributed by atoms with Crippen LogP contribution in [0.1, 0.15) is 5.56 Å². The number of aromatic nitrogens is 1. The molecule has 1 aromatic heterocycles. The summed E-state index contributed by atoms with van der Waals surface area (Å²) in [6, 6.07) is 12.6. The molecule has 0 aliphatic carbocycles. The second kappa shape index (κ2) is 8.55. The highest BCUT2D eigenvalue weighted by Crippen LogP contribution is 2.20. The smallest absolute Gasteiger partial charge is 0.407 e. The Bertz CT molecular complexity index is 1320. The Morgan fingerprint density at radius 1 is 1.06 bits per heavy atom. The fourth-order valence-electron chi connectivity index (χ4n) is 3.65. The average molecular weight is 460 g/mol. The molecule has 1 fully saturated rings. The third-order valence-corrected chi connectivity index (χ3v) is 7.18. The van der Waals surface area contributed by atoms with Gasteiger partial charge in [0.15, 0.2) is 5.58 Å². The van der Waals surface area contributed by atoms with Gasteiger partial charge in [-0.3, -0.25) is 19.5 Å². The summed E-state index contributed by atoms with van der Waals surface area (Å²) in [5.41, 5.74) is 0.766. The molecular weight excluding hydrogens is 440 g/mol. The highest BCUT2D eigenvalue weighted by molar-refractivity contribution is 7.88. The van der Waals surface area contributed by atoms with E-state index in [1.807, 2.05) is 6.07 Å². The zero-order valence-electron chi connectivity index (χ0n) is 16.9. The van der Waals surface area contributed by atoms with Gasteiger partial charge in [0.25, 0.3) is 5.69 Å². The number of hydrogen-bond acceptors (Lipinski definition) is 7. The number of fused-ring (bicyclic) bond motifs is 1. The van der Waals surface area contributed by atoms with Crippen molar-refractivity contribution >= 4 is 32.7 Å². The fraction of sp³-hybridized carbons (Fsp3) is 0.300. The number of amides is 1. The van der Waals surface area contributed by atoms with E-state index in [0.29, 0.717) is 5.56 Å². The van der Waals surface area contributed by atoms with Crippen LogP contribution in [-0.2, 0) is 27.1 Å². The number of non-ortho nitro benzene ring substituents is 1. The molecule has 0 unspecified atom stereocenters. The summed E-state index contributed by atoms with van der Waals surface area (Å²) in [5.74, 6) is -1.27. The standard InChI is InChI=1S/C20H20N4O7S/c25-19(13-23-17-7-6-16(24(27)28)12-18(17)31-20(23)26)21-8-10-22(11-9-21)32(29,30)14-15-4-2-1-3-5-15/h1-7,12H,8-11,13-14H2. The predicted octanol–water partition coefficient (Wildman–Crippen LogP) is 1.18. The number of nitro groups is 1. The van der Waals surface area contributed by atoms with Gasteiger partial charge in [0.2, 0.25) is 15.9 Å². The van der Waals surface area contributed by atoms with Crippen LogP contribution in [0.3, 0.4) is 0 Å². The zero-order chi connectivity index (χ0) is 22.9. The van der Waals surface area contributed by atoms with E-state index >= 15 is 0 Å². The molecule has 11 nitrogen and oxygen atoms in total. The molecule has 1 aliphatic rings. The molecule has 0 atom stereocenters. The molecule has 1 amide bonds. The van der Waals surface area contributed by atoms with E-state index < -0.39 is 20.7 Å². The Balaban J connectivity index is 1.41. The van der Waals surface area contributed by atoms with Crippen molar-refractivity contribution in [3.05, 3.63) is 74.8 Å². The molecule has 4 rings (SSSR count). The van der Waals surface area contributed by atoms with E-state index in [0.717, 1.165) is 10.6 Å². The van der Waals surface area contributed by atoms with Crippen LogP contribution < -0.4 is 5.76 Å². The number of carbonyl (C=O) groups is 1. The first-order valence-corrected chi connectivity index (χ1v) is 11.4. The molecule has 168 valence electrons. The van der Waals surface area contributed by atoms with Gasteiger partial charge in [0.05, 0.1) is 22.3 Å². The van der Waals surface area contributed by atoms with Crippen LogP contribution >= 0.6 is 0 Å². The first-order chi connectivity index (χ1) is 15.2. The van der Waals surface area contributed by atoms with Crippen LogP contribution in [0.2, 0.25) is 0 Å². The first kappa shape index (κ1) is 21.7. The Hall–Kier alpha value is -3.51. The molecule has 1 saturated heterocycles. The highest BCUT2D eigenvalue weighted by atomic mass is 32.2. The normalized spacial score (nSPS) is 15.2. The molecular formula is C20H20N4O7S. The van der Waals surface area contributed by atoms with Gasteiger partial charge in [0.1, 0.15) is 6.54 Å². The molecule has 32 heavy (non-hydrogen) atoms. The lowest BCUT2D eigenvalue weighted by atomic mass is 10.2. The molecule has 0 spiro atoms. The summed E-state index contributed by atoms with van der Waals surface area (Å²) in [6.45, 7) is 0.411. The zero-order valence-corrected chi connectivity index (χ0v) is 17.7. The van der Waals surface area contributed by atoms with Gasteiger partial charge in [-0.2, -0.15) is 4.31 Å². The maximum absolute atomic E-state index is 12.7. The lowest BCUT2D eigenvalue weighted by Gasteiger charge is -2.34. The fourth-order valence-corrected chi connectivity index (χ4v) is 5.16. The number of nitro benzene ring substituents is 1. The van der Waals surface area contributed by atoms with Gasteiger partial charge in [0, 0.05) is 32.2 Å². The summed E-state index contributed by atoms with van der Waals surface area (Å²) >= 11 is 0. The molecule has 2 heterocycles. The van der Waals surface area contributed by atoms with Gasteiger partial charge in [-0.15, -0.1) is 0 Å². The van der Waals surface area contributed by atoms with Gasteiger partial charge < -0.3 is 9.32 Å². The van der Waals surface area contributed by atoms with Crippen molar-refractivity contribution in [1.82, 2.24) is 13.8 Å². The van der Waals surface area contributed by atoms with Crippen LogP contribution in [0, 0.1) is 10.1 Å². The number of oxazole rings is 1. The van der Waals surface area contributed by atoms with Gasteiger partial charge in [-0.05, 0) is 11.6 Å². The van der Waals surface area contributed by atoms with E-state index in [1.54, 1.807) is 24.3 Å². The second-order valence-electron chi connectivity index (χ2n) is 7.38. The van der Waals surface area contributed by atoms with Crippen molar-refractivity contribution in [2.45, 2.75) is 12.3 Å². The lowest BCUT2D eigenvalue weighted by molar-refractivity contribution is -0.384. The van der Waals surface area contributed by atoms with Crippen molar-refractivity contribution in [3.63, 3.8) is 0 Å². The summed E-state index contributed by atoms with van der Waals surface area (Å²) in [7, 11) is -3.51. The van der Waals surface area contributed by atoms with Crippen LogP contribution in [0.4, 0.5) is 5.69 Å². The van der Waals surface area contributed by atoms with Gasteiger partial charge >= 0.3 is 5.76 Å². The molecule has 0 saturated carbocycles. The van der Waals surface area contributed by atoms with Crippen LogP contribution in [0.5, 0.6) is 0 Å². The number of benzene rings is 2. The molecule has 0 N–H and O–H groups in total. The maximum atomic E-state index is 12.7. The quantitative estimate of drug-likeness (QED) is 0.398. The Labute approximate surface area is 182 Å². The summed E-state index contributed by atoms with van der Waals surface area (Å²) in [6.07, 6.45) is 0. The van der Waals surface area contributed by atoms with Crippen LogP contribution in [-0.4, -0.2) is 59.2 Å². The first-order valence-electron chi connectivity index (χ1n) is 9.82. The van der Waals surface area contributed by atoms with Crippen molar-refractivity contribution < 1.29 is 22.6 Å². The molecule has 0 bridgehead atoms.